The average molecular weight is 462 g/mol. The molecule has 2 aromatic heterocycles. The highest BCUT2D eigenvalue weighted by Crippen LogP contribution is 2.38. The lowest BCUT2D eigenvalue weighted by atomic mass is 9.81. The van der Waals surface area contributed by atoms with Gasteiger partial charge in [-0.05, 0) is 49.8 Å². The van der Waals surface area contributed by atoms with E-state index in [9.17, 15) is 9.59 Å². The van der Waals surface area contributed by atoms with Gasteiger partial charge in [-0.2, -0.15) is 0 Å². The van der Waals surface area contributed by atoms with Crippen LogP contribution in [0.2, 0.25) is 0 Å². The number of carbonyl (C=O) groups is 1. The zero-order chi connectivity index (χ0) is 23.4. The summed E-state index contributed by atoms with van der Waals surface area (Å²) in [6.07, 6.45) is 6.51. The van der Waals surface area contributed by atoms with Crippen molar-refractivity contribution in [1.82, 2.24) is 20.2 Å². The largest absolute Gasteiger partial charge is 0.364 e. The Morgan fingerprint density at radius 1 is 1.15 bits per heavy atom. The second-order valence-corrected chi connectivity index (χ2v) is 9.58. The minimum Gasteiger partial charge on any atom is -0.364 e. The minimum atomic E-state index is -0.295. The van der Waals surface area contributed by atoms with Crippen molar-refractivity contribution in [2.75, 3.05) is 25.0 Å². The van der Waals surface area contributed by atoms with E-state index in [0.29, 0.717) is 35.4 Å². The number of aromatic amines is 1. The van der Waals surface area contributed by atoms with Gasteiger partial charge < -0.3 is 15.2 Å². The van der Waals surface area contributed by atoms with Gasteiger partial charge in [-0.1, -0.05) is 12.1 Å². The van der Waals surface area contributed by atoms with Crippen molar-refractivity contribution in [2.24, 2.45) is 0 Å². The third kappa shape index (κ3) is 3.31. The smallest absolute Gasteiger partial charge is 0.269 e. The molecule has 3 aliphatic rings. The van der Waals surface area contributed by atoms with Crippen LogP contribution in [0.3, 0.4) is 0 Å². The second kappa shape index (κ2) is 8.20. The Balaban J connectivity index is 1.22. The molecule has 2 fully saturated rings. The number of aromatic nitrogens is 2. The van der Waals surface area contributed by atoms with Crippen molar-refractivity contribution in [3.8, 4) is 0 Å². The number of amides is 1. The van der Waals surface area contributed by atoms with Crippen molar-refractivity contribution >= 4 is 22.5 Å². The molecule has 34 heavy (non-hydrogen) atoms. The number of aryl methyl sites for hydroxylation is 1. The van der Waals surface area contributed by atoms with Crippen LogP contribution in [0.25, 0.3) is 10.9 Å². The lowest BCUT2D eigenvalue weighted by Gasteiger charge is -2.54. The van der Waals surface area contributed by atoms with E-state index < -0.39 is 0 Å². The summed E-state index contributed by atoms with van der Waals surface area (Å²) < 4.78 is 15.5. The van der Waals surface area contributed by atoms with E-state index in [-0.39, 0.29) is 17.3 Å². The van der Waals surface area contributed by atoms with Gasteiger partial charge in [-0.15, -0.1) is 0 Å². The van der Waals surface area contributed by atoms with Gasteiger partial charge in [0, 0.05) is 55.3 Å². The Kier molecular flexibility index (Phi) is 5.13. The molecule has 1 saturated carbocycles. The molecular weight excluding hydrogens is 433 g/mol. The molecule has 7 nitrogen and oxygen atoms in total. The number of H-pyrrole nitrogens is 1. The summed E-state index contributed by atoms with van der Waals surface area (Å²) in [6.45, 7) is 2.17. The Hall–Kier alpha value is -3.26. The first kappa shape index (κ1) is 21.3. The SMILES string of the molecule is CNC(=O)c1ccc(N2CCN(Cc3ccc4c5c(c(=O)[nH]c4c3F)CCC5)[C@@H]3CC[C@@H]32)cn1. The first-order valence-electron chi connectivity index (χ1n) is 12.1. The summed E-state index contributed by atoms with van der Waals surface area (Å²) in [7, 11) is 1.60. The predicted octanol–water partition coefficient (Wildman–Crippen LogP) is 2.76. The van der Waals surface area contributed by atoms with Crippen LogP contribution in [0.15, 0.2) is 35.3 Å². The fraction of sp³-hybridized carbons (Fsp3) is 0.423. The number of benzene rings is 1. The third-order valence-electron chi connectivity index (χ3n) is 7.89. The lowest BCUT2D eigenvalue weighted by molar-refractivity contribution is 0.0650. The number of rotatable bonds is 4. The molecule has 1 aromatic carbocycles. The molecule has 2 atom stereocenters. The number of fused-ring (bicyclic) bond motifs is 4. The average Bonchev–Trinajstić information content (AvgIpc) is 3.33. The molecule has 3 aromatic rings. The van der Waals surface area contributed by atoms with Crippen molar-refractivity contribution in [3.05, 3.63) is 69.0 Å². The van der Waals surface area contributed by atoms with Crippen molar-refractivity contribution in [3.63, 3.8) is 0 Å². The maximum absolute atomic E-state index is 15.5. The Morgan fingerprint density at radius 2 is 1.97 bits per heavy atom. The maximum atomic E-state index is 15.5. The minimum absolute atomic E-state index is 0.139. The van der Waals surface area contributed by atoms with Crippen LogP contribution in [-0.2, 0) is 19.4 Å². The molecule has 1 aliphatic heterocycles. The van der Waals surface area contributed by atoms with E-state index in [4.69, 9.17) is 0 Å². The summed E-state index contributed by atoms with van der Waals surface area (Å²) in [4.78, 5) is 36.1. The first-order chi connectivity index (χ1) is 16.5. The zero-order valence-electron chi connectivity index (χ0n) is 19.2. The summed E-state index contributed by atoms with van der Waals surface area (Å²) in [5.41, 5.74) is 4.13. The Labute approximate surface area is 197 Å². The van der Waals surface area contributed by atoms with Gasteiger partial charge in [-0.3, -0.25) is 14.5 Å². The quantitative estimate of drug-likeness (QED) is 0.625. The number of nitrogens with zero attached hydrogens (tertiary/aromatic N) is 3. The molecule has 3 heterocycles. The van der Waals surface area contributed by atoms with Crippen LogP contribution in [0.4, 0.5) is 10.1 Å². The summed E-state index contributed by atoms with van der Waals surface area (Å²) in [5.74, 6) is -0.488. The standard InChI is InChI=1S/C26H28FN5O2/c1-28-26(34)20-8-6-16(13-29-20)32-12-11-31(21-9-10-22(21)32)14-15-5-7-18-17-3-2-4-19(17)25(33)30-24(18)23(15)27/h5-8,13,21-22H,2-4,9-12,14H2,1H3,(H,28,34)(H,30,33)/t21-,22+/m1/s1. The van der Waals surface area contributed by atoms with Gasteiger partial charge in [-0.25, -0.2) is 9.37 Å². The van der Waals surface area contributed by atoms with Crippen LogP contribution in [0, 0.1) is 5.82 Å². The summed E-state index contributed by atoms with van der Waals surface area (Å²) in [5, 5.41) is 3.45. The van der Waals surface area contributed by atoms with Gasteiger partial charge >= 0.3 is 0 Å². The van der Waals surface area contributed by atoms with Gasteiger partial charge in [0.1, 0.15) is 5.69 Å². The third-order valence-corrected chi connectivity index (χ3v) is 7.89. The fourth-order valence-electron chi connectivity index (χ4n) is 5.97. The van der Waals surface area contributed by atoms with E-state index in [1.165, 1.54) is 0 Å². The molecular formula is C26H28FN5O2. The highest BCUT2D eigenvalue weighted by atomic mass is 19.1. The number of hydrogen-bond donors (Lipinski definition) is 2. The number of nitrogens with one attached hydrogen (secondary N) is 2. The predicted molar refractivity (Wildman–Crippen MR) is 129 cm³/mol. The molecule has 0 bridgehead atoms. The van der Waals surface area contributed by atoms with Crippen LogP contribution < -0.4 is 15.8 Å². The number of halogens is 1. The van der Waals surface area contributed by atoms with E-state index in [1.54, 1.807) is 19.3 Å². The number of hydrogen-bond acceptors (Lipinski definition) is 5. The number of piperazine rings is 1. The molecule has 0 spiro atoms. The van der Waals surface area contributed by atoms with E-state index in [0.717, 1.165) is 67.4 Å². The number of anilines is 1. The molecule has 1 saturated heterocycles. The normalized spacial score (nSPS) is 21.8. The van der Waals surface area contributed by atoms with Crippen LogP contribution in [-0.4, -0.2) is 53.0 Å². The monoisotopic (exact) mass is 461 g/mol. The van der Waals surface area contributed by atoms with Gasteiger partial charge in [0.25, 0.3) is 11.5 Å². The van der Waals surface area contributed by atoms with Crippen LogP contribution in [0.1, 0.15) is 46.4 Å². The zero-order valence-corrected chi connectivity index (χ0v) is 19.2. The van der Waals surface area contributed by atoms with Crippen LogP contribution in [0.5, 0.6) is 0 Å². The molecule has 176 valence electrons. The number of pyridine rings is 2. The number of carbonyl (C=O) groups excluding carboxylic acids is 1. The maximum Gasteiger partial charge on any atom is 0.269 e. The fourth-order valence-corrected chi connectivity index (χ4v) is 5.97. The molecule has 6 rings (SSSR count). The highest BCUT2D eigenvalue weighted by Gasteiger charge is 2.43. The van der Waals surface area contributed by atoms with Crippen molar-refractivity contribution in [1.29, 1.82) is 0 Å². The molecule has 8 heteroatoms. The second-order valence-electron chi connectivity index (χ2n) is 9.58. The van der Waals surface area contributed by atoms with Gasteiger partial charge in [0.05, 0.1) is 17.4 Å². The molecule has 2 aliphatic carbocycles. The first-order valence-corrected chi connectivity index (χ1v) is 12.1. The molecule has 0 radical (unpaired) electrons. The topological polar surface area (TPSA) is 81.3 Å². The Bertz CT molecular complexity index is 1340. The van der Waals surface area contributed by atoms with E-state index >= 15 is 4.39 Å². The summed E-state index contributed by atoms with van der Waals surface area (Å²) in [6, 6.07) is 8.31. The van der Waals surface area contributed by atoms with Crippen molar-refractivity contribution < 1.29 is 9.18 Å². The van der Waals surface area contributed by atoms with E-state index in [2.05, 4.69) is 25.1 Å². The summed E-state index contributed by atoms with van der Waals surface area (Å²) >= 11 is 0. The lowest BCUT2D eigenvalue weighted by Crippen LogP contribution is -2.64. The van der Waals surface area contributed by atoms with Crippen LogP contribution >= 0.6 is 0 Å². The Morgan fingerprint density at radius 3 is 2.71 bits per heavy atom. The van der Waals surface area contributed by atoms with Gasteiger partial charge in [0.2, 0.25) is 0 Å². The molecule has 2 N–H and O–H groups in total. The van der Waals surface area contributed by atoms with Gasteiger partial charge in [0.15, 0.2) is 5.82 Å². The molecule has 1 amide bonds. The molecule has 0 unspecified atom stereocenters. The van der Waals surface area contributed by atoms with E-state index in [1.807, 2.05) is 18.2 Å². The van der Waals surface area contributed by atoms with Crippen molar-refractivity contribution in [2.45, 2.75) is 50.7 Å². The highest BCUT2D eigenvalue weighted by molar-refractivity contribution is 5.92.